The molecule has 2 amide bonds. The smallest absolute Gasteiger partial charge is 0.410 e. The van der Waals surface area contributed by atoms with Crippen LogP contribution in [0, 0.1) is 5.82 Å². The van der Waals surface area contributed by atoms with Crippen molar-refractivity contribution in [3.05, 3.63) is 65.0 Å². The standard InChI is InChI=1S/C35H47FN4O6/c1-23-17-38(28(18-37-13-14-45-21-24(37)2)19-39(23)33(44)46-34(3,4)5)20-31(41)40-22-35(6,32(42)43)29-12-9-26(16-30(29)40)15-25-7-10-27(36)11-8-25/h7-12,16,23-24,28H,13-15,17-22H2,1-6H3,(H,42,43)/t23-,24-,28+,35?/m1/s1. The number of nitrogens with zero attached hydrogens (tertiary/aromatic N) is 4. The number of carboxylic acids is 1. The molecule has 2 aromatic carbocycles. The van der Waals surface area contributed by atoms with Crippen molar-refractivity contribution in [1.29, 1.82) is 0 Å². The van der Waals surface area contributed by atoms with Gasteiger partial charge in [-0.2, -0.15) is 0 Å². The fourth-order valence-corrected chi connectivity index (χ4v) is 6.72. The van der Waals surface area contributed by atoms with Crippen LogP contribution in [0.1, 0.15) is 58.2 Å². The number of piperazine rings is 1. The van der Waals surface area contributed by atoms with E-state index in [1.54, 1.807) is 34.9 Å². The van der Waals surface area contributed by atoms with Gasteiger partial charge < -0.3 is 24.4 Å². The number of aliphatic carboxylic acids is 1. The number of carbonyl (C=O) groups excluding carboxylic acids is 2. The van der Waals surface area contributed by atoms with Crippen molar-refractivity contribution >= 4 is 23.7 Å². The maximum Gasteiger partial charge on any atom is 0.410 e. The number of carbonyl (C=O) groups is 3. The average molecular weight is 639 g/mol. The summed E-state index contributed by atoms with van der Waals surface area (Å²) in [6.45, 7) is 14.9. The van der Waals surface area contributed by atoms with Crippen molar-refractivity contribution in [2.45, 2.75) is 77.1 Å². The highest BCUT2D eigenvalue weighted by Gasteiger charge is 2.48. The fourth-order valence-electron chi connectivity index (χ4n) is 6.72. The lowest BCUT2D eigenvalue weighted by molar-refractivity contribution is -0.142. The zero-order chi connectivity index (χ0) is 33.4. The van der Waals surface area contributed by atoms with E-state index in [2.05, 4.69) is 16.7 Å². The van der Waals surface area contributed by atoms with E-state index < -0.39 is 17.0 Å². The van der Waals surface area contributed by atoms with Gasteiger partial charge in [-0.3, -0.25) is 19.4 Å². The van der Waals surface area contributed by atoms with E-state index in [-0.39, 0.29) is 49.0 Å². The SMILES string of the molecule is C[C@@H]1COCCN1C[C@H]1CN(C(=O)OC(C)(C)C)[C@H](C)CN1CC(=O)N1CC(C)(C(=O)O)c2ccc(Cc3ccc(F)cc3)cc21. The zero-order valence-corrected chi connectivity index (χ0v) is 27.8. The van der Waals surface area contributed by atoms with E-state index in [0.717, 1.165) is 17.7 Å². The molecule has 3 aliphatic heterocycles. The van der Waals surface area contributed by atoms with Crippen molar-refractivity contribution in [2.24, 2.45) is 0 Å². The highest BCUT2D eigenvalue weighted by Crippen LogP contribution is 2.42. The van der Waals surface area contributed by atoms with Crippen LogP contribution >= 0.6 is 0 Å². The second-order valence-electron chi connectivity index (χ2n) is 14.3. The van der Waals surface area contributed by atoms with E-state index in [9.17, 15) is 23.9 Å². The van der Waals surface area contributed by atoms with Crippen molar-refractivity contribution < 1.29 is 33.4 Å². The number of rotatable bonds is 7. The average Bonchev–Trinajstić information content (AvgIpc) is 3.29. The number of benzene rings is 2. The summed E-state index contributed by atoms with van der Waals surface area (Å²) in [7, 11) is 0. The molecule has 1 unspecified atom stereocenters. The summed E-state index contributed by atoms with van der Waals surface area (Å²) in [5, 5.41) is 10.3. The Balaban J connectivity index is 1.40. The number of hydrogen-bond acceptors (Lipinski definition) is 7. The molecule has 250 valence electrons. The molecular weight excluding hydrogens is 591 g/mol. The Morgan fingerprint density at radius 1 is 1.02 bits per heavy atom. The highest BCUT2D eigenvalue weighted by atomic mass is 19.1. The predicted molar refractivity (Wildman–Crippen MR) is 173 cm³/mol. The maximum atomic E-state index is 14.2. The zero-order valence-electron chi connectivity index (χ0n) is 27.8. The molecular formula is C35H47FN4O6. The Hall–Kier alpha value is -3.54. The maximum absolute atomic E-state index is 14.2. The van der Waals surface area contributed by atoms with Gasteiger partial charge in [-0.05, 0) is 82.9 Å². The number of fused-ring (bicyclic) bond motifs is 1. The lowest BCUT2D eigenvalue weighted by atomic mass is 9.84. The van der Waals surface area contributed by atoms with Crippen LogP contribution < -0.4 is 4.90 Å². The van der Waals surface area contributed by atoms with Crippen LogP contribution in [0.5, 0.6) is 0 Å². The first kappa shape index (κ1) is 33.8. The van der Waals surface area contributed by atoms with Gasteiger partial charge in [0.1, 0.15) is 16.8 Å². The first-order valence-electron chi connectivity index (χ1n) is 16.1. The number of halogens is 1. The molecule has 0 saturated carbocycles. The largest absolute Gasteiger partial charge is 0.481 e. The monoisotopic (exact) mass is 638 g/mol. The van der Waals surface area contributed by atoms with Crippen LogP contribution in [0.4, 0.5) is 14.9 Å². The third-order valence-electron chi connectivity index (χ3n) is 9.39. The Morgan fingerprint density at radius 2 is 1.72 bits per heavy atom. The molecule has 5 rings (SSSR count). The van der Waals surface area contributed by atoms with Crippen molar-refractivity contribution in [3.63, 3.8) is 0 Å². The third-order valence-corrected chi connectivity index (χ3v) is 9.39. The molecule has 3 aliphatic rings. The van der Waals surface area contributed by atoms with Crippen molar-refractivity contribution in [1.82, 2.24) is 14.7 Å². The normalized spacial score (nSPS) is 25.8. The van der Waals surface area contributed by atoms with Gasteiger partial charge in [0.2, 0.25) is 5.91 Å². The second kappa shape index (κ2) is 13.3. The fraction of sp³-hybridized carbons (Fsp3) is 0.571. The topological polar surface area (TPSA) is 103 Å². The van der Waals surface area contributed by atoms with E-state index in [4.69, 9.17) is 9.47 Å². The summed E-state index contributed by atoms with van der Waals surface area (Å²) in [4.78, 5) is 47.8. The van der Waals surface area contributed by atoms with Gasteiger partial charge >= 0.3 is 12.1 Å². The number of anilines is 1. The molecule has 4 atom stereocenters. The summed E-state index contributed by atoms with van der Waals surface area (Å²) in [5.74, 6) is -1.49. The number of morpholine rings is 1. The molecule has 0 bridgehead atoms. The van der Waals surface area contributed by atoms with Crippen molar-refractivity contribution in [2.75, 3.05) is 57.4 Å². The molecule has 0 spiro atoms. The van der Waals surface area contributed by atoms with E-state index in [1.807, 2.05) is 39.8 Å². The predicted octanol–water partition coefficient (Wildman–Crippen LogP) is 4.14. The lowest BCUT2D eigenvalue weighted by Gasteiger charge is -2.47. The molecule has 11 heteroatoms. The second-order valence-corrected chi connectivity index (χ2v) is 14.3. The van der Waals surface area contributed by atoms with Gasteiger partial charge in [0, 0.05) is 56.5 Å². The summed E-state index contributed by atoms with van der Waals surface area (Å²) in [5.41, 5.74) is 1.11. The molecule has 0 aromatic heterocycles. The molecule has 2 saturated heterocycles. The Kier molecular flexibility index (Phi) is 9.77. The Labute approximate surface area is 271 Å². The minimum absolute atomic E-state index is 0.0229. The van der Waals surface area contributed by atoms with Gasteiger partial charge in [0.15, 0.2) is 0 Å². The summed E-state index contributed by atoms with van der Waals surface area (Å²) < 4.78 is 24.9. The summed E-state index contributed by atoms with van der Waals surface area (Å²) in [6, 6.07) is 11.7. The first-order chi connectivity index (χ1) is 21.6. The van der Waals surface area contributed by atoms with Gasteiger partial charge in [-0.25, -0.2) is 9.18 Å². The van der Waals surface area contributed by atoms with Crippen LogP contribution in [-0.4, -0.2) is 114 Å². The minimum atomic E-state index is -1.26. The van der Waals surface area contributed by atoms with Crippen LogP contribution in [0.2, 0.25) is 0 Å². The molecule has 2 aromatic rings. The molecule has 0 aliphatic carbocycles. The lowest BCUT2D eigenvalue weighted by Crippen LogP contribution is -2.64. The number of ether oxygens (including phenoxy) is 2. The van der Waals surface area contributed by atoms with Gasteiger partial charge in [-0.15, -0.1) is 0 Å². The van der Waals surface area contributed by atoms with E-state index in [0.29, 0.717) is 50.5 Å². The molecule has 1 N–H and O–H groups in total. The van der Waals surface area contributed by atoms with Crippen LogP contribution in [-0.2, 0) is 30.9 Å². The summed E-state index contributed by atoms with van der Waals surface area (Å²) in [6.07, 6.45) is 0.147. The summed E-state index contributed by atoms with van der Waals surface area (Å²) >= 11 is 0. The Bertz CT molecular complexity index is 1450. The minimum Gasteiger partial charge on any atom is -0.481 e. The third kappa shape index (κ3) is 7.37. The first-order valence-corrected chi connectivity index (χ1v) is 16.1. The van der Waals surface area contributed by atoms with Crippen molar-refractivity contribution in [3.8, 4) is 0 Å². The van der Waals surface area contributed by atoms with E-state index in [1.165, 1.54) is 12.1 Å². The van der Waals surface area contributed by atoms with Gasteiger partial charge in [0.05, 0.1) is 19.8 Å². The molecule has 3 heterocycles. The number of carboxylic acid groups (broad SMARTS) is 1. The Morgan fingerprint density at radius 3 is 2.37 bits per heavy atom. The number of amides is 2. The highest BCUT2D eigenvalue weighted by molar-refractivity contribution is 6.01. The molecule has 10 nitrogen and oxygen atoms in total. The molecule has 46 heavy (non-hydrogen) atoms. The van der Waals surface area contributed by atoms with Gasteiger partial charge in [0.25, 0.3) is 0 Å². The quantitative estimate of drug-likeness (QED) is 0.483. The molecule has 2 fully saturated rings. The molecule has 0 radical (unpaired) electrons. The number of hydrogen-bond donors (Lipinski definition) is 1. The van der Waals surface area contributed by atoms with Crippen LogP contribution in [0.15, 0.2) is 42.5 Å². The van der Waals surface area contributed by atoms with E-state index >= 15 is 0 Å². The van der Waals surface area contributed by atoms with Crippen LogP contribution in [0.3, 0.4) is 0 Å². The van der Waals surface area contributed by atoms with Crippen LogP contribution in [0.25, 0.3) is 0 Å². The van der Waals surface area contributed by atoms with Gasteiger partial charge in [-0.1, -0.05) is 24.3 Å².